The first-order valence-electron chi connectivity index (χ1n) is 13.8. The molecule has 0 unspecified atom stereocenters. The molecule has 3 heterocycles. The van der Waals surface area contributed by atoms with Gasteiger partial charge in [-0.25, -0.2) is 4.99 Å². The third-order valence-electron chi connectivity index (χ3n) is 6.72. The van der Waals surface area contributed by atoms with Crippen LogP contribution in [-0.2, 0) is 71.4 Å². The lowest BCUT2D eigenvalue weighted by Gasteiger charge is -2.46. The minimum absolute atomic E-state index is 0.257. The average molecular weight is 631 g/mol. The van der Waals surface area contributed by atoms with Crippen LogP contribution in [0, 0.1) is 5.92 Å². The Morgan fingerprint density at radius 2 is 1.25 bits per heavy atom. The molecule has 0 saturated carbocycles. The Kier molecular flexibility index (Phi) is 12.0. The predicted molar refractivity (Wildman–Crippen MR) is 142 cm³/mol. The summed E-state index contributed by atoms with van der Waals surface area (Å²) in [5, 5.41) is 2.61. The first kappa shape index (κ1) is 34.7. The van der Waals surface area contributed by atoms with Crippen LogP contribution in [0.25, 0.3) is 0 Å². The fourth-order valence-electron chi connectivity index (χ4n) is 5.17. The summed E-state index contributed by atoms with van der Waals surface area (Å²) in [6.07, 6.45) is -8.07. The largest absolute Gasteiger partial charge is 0.463 e. The van der Waals surface area contributed by atoms with Crippen LogP contribution in [-0.4, -0.2) is 117 Å². The van der Waals surface area contributed by atoms with Crippen LogP contribution in [0.4, 0.5) is 0 Å². The molecule has 0 aromatic carbocycles. The van der Waals surface area contributed by atoms with E-state index in [1.54, 1.807) is 6.92 Å². The van der Waals surface area contributed by atoms with Gasteiger partial charge in [0.05, 0.1) is 12.5 Å². The molecule has 3 rings (SSSR count). The van der Waals surface area contributed by atoms with Gasteiger partial charge in [0.1, 0.15) is 37.6 Å². The number of nitrogens with zero attached hydrogens (tertiary/aromatic N) is 1. The summed E-state index contributed by atoms with van der Waals surface area (Å²) in [7, 11) is 0. The number of hydrogen-bond donors (Lipinski definition) is 1. The number of ether oxygens (including phenoxy) is 9. The molecule has 3 aliphatic rings. The van der Waals surface area contributed by atoms with Crippen molar-refractivity contribution in [2.75, 3.05) is 19.8 Å². The second-order valence-electron chi connectivity index (χ2n) is 10.4. The molecule has 0 spiro atoms. The van der Waals surface area contributed by atoms with Gasteiger partial charge < -0.3 is 47.9 Å². The molecule has 1 amide bonds. The maximum absolute atomic E-state index is 12.3. The third kappa shape index (κ3) is 9.33. The van der Waals surface area contributed by atoms with Crippen molar-refractivity contribution in [3.8, 4) is 0 Å². The standard InChI is InChI=1S/C27H38N2O15/c1-11(30)28-22-25(42-17(7)35)24(41-16(6)34)20(10-37-14(4)32)44-26(22)38-8-18-19(9-36-13(3)31)43-27-21(29-12(2)39-27)23(18)40-15(5)33/h18-27H,8-10H2,1-7H3,(H,28,30)/t18-,19-,20-,21-,22-,23+,24-,25-,26-,27+/m1/s1. The van der Waals surface area contributed by atoms with Crippen molar-refractivity contribution in [1.82, 2.24) is 5.32 Å². The number of nitrogens with one attached hydrogen (secondary N) is 1. The molecule has 246 valence electrons. The predicted octanol–water partition coefficient (Wildman–Crippen LogP) is -0.688. The number of rotatable bonds is 11. The lowest BCUT2D eigenvalue weighted by Crippen LogP contribution is -2.67. The maximum atomic E-state index is 12.3. The van der Waals surface area contributed by atoms with E-state index in [2.05, 4.69) is 10.3 Å². The van der Waals surface area contributed by atoms with Crippen molar-refractivity contribution in [3.05, 3.63) is 0 Å². The van der Waals surface area contributed by atoms with Gasteiger partial charge in [-0.1, -0.05) is 0 Å². The van der Waals surface area contributed by atoms with E-state index < -0.39 is 103 Å². The van der Waals surface area contributed by atoms with Gasteiger partial charge in [-0.05, 0) is 0 Å². The molecule has 17 nitrogen and oxygen atoms in total. The number of hydrogen-bond acceptors (Lipinski definition) is 16. The van der Waals surface area contributed by atoms with Gasteiger partial charge in [0, 0.05) is 48.5 Å². The fourth-order valence-corrected chi connectivity index (χ4v) is 5.17. The van der Waals surface area contributed by atoms with Crippen molar-refractivity contribution in [2.24, 2.45) is 10.9 Å². The van der Waals surface area contributed by atoms with Crippen molar-refractivity contribution >= 4 is 41.7 Å². The van der Waals surface area contributed by atoms with Gasteiger partial charge >= 0.3 is 29.8 Å². The van der Waals surface area contributed by atoms with Gasteiger partial charge in [0.2, 0.25) is 12.2 Å². The SMILES string of the molecule is CC(=O)N[C@H]1[C@H](OC[C@H]2[C@H](OC(C)=O)[C@H]3N=C(C)O[C@H]3O[C@@H]2COC(C)=O)O[C@H](COC(C)=O)[C@@H](OC(C)=O)[C@@H]1OC(C)=O. The maximum Gasteiger partial charge on any atom is 0.303 e. The topological polar surface area (TPSA) is 210 Å². The monoisotopic (exact) mass is 630 g/mol. The van der Waals surface area contributed by atoms with E-state index in [1.165, 1.54) is 20.8 Å². The summed E-state index contributed by atoms with van der Waals surface area (Å²) in [5.74, 6) is -4.51. The highest BCUT2D eigenvalue weighted by Crippen LogP contribution is 2.36. The van der Waals surface area contributed by atoms with Crippen LogP contribution in [0.2, 0.25) is 0 Å². The first-order valence-corrected chi connectivity index (χ1v) is 13.8. The summed E-state index contributed by atoms with van der Waals surface area (Å²) < 4.78 is 50.7. The van der Waals surface area contributed by atoms with E-state index in [4.69, 9.17) is 42.6 Å². The normalized spacial score (nSPS) is 32.6. The minimum Gasteiger partial charge on any atom is -0.463 e. The zero-order valence-electron chi connectivity index (χ0n) is 25.5. The highest BCUT2D eigenvalue weighted by atomic mass is 16.7. The summed E-state index contributed by atoms with van der Waals surface area (Å²) in [6.45, 7) is 7.65. The molecule has 10 atom stereocenters. The molecule has 0 bridgehead atoms. The highest BCUT2D eigenvalue weighted by molar-refractivity contribution is 5.75. The molecule has 2 saturated heterocycles. The smallest absolute Gasteiger partial charge is 0.303 e. The zero-order chi connectivity index (χ0) is 32.7. The minimum atomic E-state index is -1.40. The molecule has 17 heteroatoms. The van der Waals surface area contributed by atoms with E-state index in [0.717, 1.165) is 20.8 Å². The van der Waals surface area contributed by atoms with E-state index in [0.29, 0.717) is 5.90 Å². The fraction of sp³-hybridized carbons (Fsp3) is 0.741. The number of esters is 5. The van der Waals surface area contributed by atoms with E-state index in [-0.39, 0.29) is 13.2 Å². The summed E-state index contributed by atoms with van der Waals surface area (Å²) in [4.78, 5) is 76.2. The lowest BCUT2D eigenvalue weighted by atomic mass is 9.88. The van der Waals surface area contributed by atoms with Gasteiger partial charge in [0.15, 0.2) is 30.4 Å². The van der Waals surface area contributed by atoms with Crippen LogP contribution in [0.15, 0.2) is 4.99 Å². The Labute approximate surface area is 253 Å². The molecule has 0 aromatic rings. The molecular weight excluding hydrogens is 592 g/mol. The number of fused-ring (bicyclic) bond motifs is 1. The summed E-state index contributed by atoms with van der Waals surface area (Å²) in [5.41, 5.74) is 0. The number of aliphatic imine (C=N–C) groups is 1. The molecule has 44 heavy (non-hydrogen) atoms. The Morgan fingerprint density at radius 1 is 0.705 bits per heavy atom. The number of carbonyl (C=O) groups excluding carboxylic acids is 6. The van der Waals surface area contributed by atoms with Gasteiger partial charge in [-0.2, -0.15) is 0 Å². The van der Waals surface area contributed by atoms with Crippen LogP contribution in [0.5, 0.6) is 0 Å². The lowest BCUT2D eigenvalue weighted by molar-refractivity contribution is -0.290. The van der Waals surface area contributed by atoms with Gasteiger partial charge in [-0.15, -0.1) is 0 Å². The van der Waals surface area contributed by atoms with Crippen LogP contribution in [0.3, 0.4) is 0 Å². The molecule has 0 radical (unpaired) electrons. The Hall–Kier alpha value is -3.83. The van der Waals surface area contributed by atoms with Crippen molar-refractivity contribution in [1.29, 1.82) is 0 Å². The molecule has 1 N–H and O–H groups in total. The molecule has 2 fully saturated rings. The van der Waals surface area contributed by atoms with Crippen LogP contribution >= 0.6 is 0 Å². The highest BCUT2D eigenvalue weighted by Gasteiger charge is 2.54. The zero-order valence-corrected chi connectivity index (χ0v) is 25.5. The third-order valence-corrected chi connectivity index (χ3v) is 6.72. The van der Waals surface area contributed by atoms with E-state index in [1.807, 2.05) is 0 Å². The van der Waals surface area contributed by atoms with Crippen LogP contribution in [0.1, 0.15) is 48.5 Å². The molecule has 0 aromatic heterocycles. The number of amides is 1. The molecular formula is C27H38N2O15. The van der Waals surface area contributed by atoms with Crippen molar-refractivity contribution in [3.63, 3.8) is 0 Å². The van der Waals surface area contributed by atoms with Gasteiger partial charge in [0.25, 0.3) is 0 Å². The summed E-state index contributed by atoms with van der Waals surface area (Å²) in [6, 6.07) is -2.01. The van der Waals surface area contributed by atoms with Crippen LogP contribution < -0.4 is 5.32 Å². The second-order valence-corrected chi connectivity index (χ2v) is 10.4. The van der Waals surface area contributed by atoms with E-state index >= 15 is 0 Å². The quantitative estimate of drug-likeness (QED) is 0.221. The Morgan fingerprint density at radius 3 is 1.80 bits per heavy atom. The Bertz CT molecular complexity index is 1140. The van der Waals surface area contributed by atoms with Crippen molar-refractivity contribution < 1.29 is 71.4 Å². The second kappa shape index (κ2) is 15.3. The molecule has 0 aliphatic carbocycles. The molecule has 3 aliphatic heterocycles. The van der Waals surface area contributed by atoms with Crippen molar-refractivity contribution in [2.45, 2.75) is 104 Å². The van der Waals surface area contributed by atoms with E-state index in [9.17, 15) is 28.8 Å². The average Bonchev–Trinajstić information content (AvgIpc) is 3.27. The first-order chi connectivity index (χ1) is 20.7. The summed E-state index contributed by atoms with van der Waals surface area (Å²) >= 11 is 0. The number of carbonyl (C=O) groups is 6. The Balaban J connectivity index is 1.97. The van der Waals surface area contributed by atoms with Gasteiger partial charge in [-0.3, -0.25) is 28.8 Å².